The van der Waals surface area contributed by atoms with E-state index in [1.807, 2.05) is 54.6 Å². The van der Waals surface area contributed by atoms with Crippen LogP contribution in [0.15, 0.2) is 88.9 Å². The third kappa shape index (κ3) is 4.75. The molecule has 1 heterocycles. The summed E-state index contributed by atoms with van der Waals surface area (Å²) in [5.41, 5.74) is 0.959. The van der Waals surface area contributed by atoms with Crippen LogP contribution in [0.5, 0.6) is 17.2 Å². The summed E-state index contributed by atoms with van der Waals surface area (Å²) in [7, 11) is -3.24. The first kappa shape index (κ1) is 19.0. The molecule has 0 saturated heterocycles. The Morgan fingerprint density at radius 3 is 2.07 bits per heavy atom. The van der Waals surface area contributed by atoms with Crippen molar-refractivity contribution >= 4 is 15.7 Å². The molecule has 3 aromatic rings. The first-order valence-electron chi connectivity index (χ1n) is 9.01. The summed E-state index contributed by atoms with van der Waals surface area (Å²) < 4.78 is 34.5. The first-order chi connectivity index (χ1) is 14.0. The minimum Gasteiger partial charge on any atom is -0.457 e. The SMILES string of the molecule is CS(=O)(=O)c1ccc(OC2=NO[C@H](c3ccc(Oc4ccccc4)cc3)C2)cc1. The summed E-state index contributed by atoms with van der Waals surface area (Å²) in [4.78, 5) is 5.73. The molecule has 0 unspecified atom stereocenters. The Morgan fingerprint density at radius 1 is 0.828 bits per heavy atom. The molecule has 7 heteroatoms. The van der Waals surface area contributed by atoms with Crippen molar-refractivity contribution in [2.45, 2.75) is 17.4 Å². The van der Waals surface area contributed by atoms with Crippen molar-refractivity contribution in [3.63, 3.8) is 0 Å². The predicted octanol–water partition coefficient (Wildman–Crippen LogP) is 4.74. The van der Waals surface area contributed by atoms with Crippen molar-refractivity contribution in [2.75, 3.05) is 6.26 Å². The van der Waals surface area contributed by atoms with Crippen LogP contribution in [0.25, 0.3) is 0 Å². The van der Waals surface area contributed by atoms with Gasteiger partial charge in [0.05, 0.1) is 11.3 Å². The second kappa shape index (κ2) is 7.97. The van der Waals surface area contributed by atoms with Gasteiger partial charge in [0, 0.05) is 6.26 Å². The maximum absolute atomic E-state index is 11.5. The van der Waals surface area contributed by atoms with E-state index >= 15 is 0 Å². The molecule has 0 saturated carbocycles. The number of rotatable bonds is 5. The lowest BCUT2D eigenvalue weighted by Crippen LogP contribution is -2.07. The smallest absolute Gasteiger partial charge is 0.235 e. The number of ether oxygens (including phenoxy) is 2. The molecule has 6 nitrogen and oxygen atoms in total. The van der Waals surface area contributed by atoms with E-state index in [0.29, 0.717) is 18.1 Å². The Morgan fingerprint density at radius 2 is 1.41 bits per heavy atom. The number of oxime groups is 1. The zero-order valence-electron chi connectivity index (χ0n) is 15.7. The van der Waals surface area contributed by atoms with Gasteiger partial charge in [-0.3, -0.25) is 0 Å². The minimum absolute atomic E-state index is 0.241. The van der Waals surface area contributed by atoms with Gasteiger partial charge >= 0.3 is 0 Å². The van der Waals surface area contributed by atoms with Gasteiger partial charge in [0.1, 0.15) is 17.2 Å². The number of sulfone groups is 1. The fourth-order valence-electron chi connectivity index (χ4n) is 2.86. The zero-order chi connectivity index (χ0) is 20.3. The Labute approximate surface area is 169 Å². The third-order valence-corrected chi connectivity index (χ3v) is 5.49. The Balaban J connectivity index is 1.35. The monoisotopic (exact) mass is 409 g/mol. The van der Waals surface area contributed by atoms with Crippen LogP contribution in [0, 0.1) is 0 Å². The molecule has 0 aliphatic carbocycles. The van der Waals surface area contributed by atoms with Crippen molar-refractivity contribution < 1.29 is 22.7 Å². The molecule has 0 N–H and O–H groups in total. The van der Waals surface area contributed by atoms with Crippen LogP contribution in [0.1, 0.15) is 18.1 Å². The molecule has 0 spiro atoms. The van der Waals surface area contributed by atoms with E-state index in [9.17, 15) is 8.42 Å². The summed E-state index contributed by atoms with van der Waals surface area (Å²) >= 11 is 0. The molecule has 1 atom stereocenters. The predicted molar refractivity (Wildman–Crippen MR) is 109 cm³/mol. The summed E-state index contributed by atoms with van der Waals surface area (Å²) in [5.74, 6) is 2.46. The number of hydrogen-bond donors (Lipinski definition) is 0. The number of benzene rings is 3. The van der Waals surface area contributed by atoms with Crippen LogP contribution in [-0.4, -0.2) is 20.6 Å². The lowest BCUT2D eigenvalue weighted by molar-refractivity contribution is 0.0855. The molecule has 0 fully saturated rings. The van der Waals surface area contributed by atoms with Gasteiger partial charge in [0.25, 0.3) is 0 Å². The van der Waals surface area contributed by atoms with Gasteiger partial charge in [0.15, 0.2) is 15.9 Å². The highest BCUT2D eigenvalue weighted by Crippen LogP contribution is 2.30. The largest absolute Gasteiger partial charge is 0.457 e. The van der Waals surface area contributed by atoms with Crippen LogP contribution in [0.2, 0.25) is 0 Å². The summed E-state index contributed by atoms with van der Waals surface area (Å²) in [6, 6.07) is 23.4. The zero-order valence-corrected chi connectivity index (χ0v) is 16.5. The maximum Gasteiger partial charge on any atom is 0.235 e. The van der Waals surface area contributed by atoms with Crippen LogP contribution in [0.4, 0.5) is 0 Å². The number of hydrogen-bond acceptors (Lipinski definition) is 6. The summed E-state index contributed by atoms with van der Waals surface area (Å²) in [5, 5.41) is 4.00. The van der Waals surface area contributed by atoms with Gasteiger partial charge in [-0.25, -0.2) is 8.42 Å². The number of nitrogens with zero attached hydrogens (tertiary/aromatic N) is 1. The summed E-state index contributed by atoms with van der Waals surface area (Å²) in [6.07, 6.45) is 1.40. The average molecular weight is 409 g/mol. The Kier molecular flexibility index (Phi) is 5.22. The highest BCUT2D eigenvalue weighted by atomic mass is 32.2. The molecular weight excluding hydrogens is 390 g/mol. The number of para-hydroxylation sites is 1. The van der Waals surface area contributed by atoms with Crippen LogP contribution < -0.4 is 9.47 Å². The lowest BCUT2D eigenvalue weighted by Gasteiger charge is -2.10. The second-order valence-corrected chi connectivity index (χ2v) is 8.63. The van der Waals surface area contributed by atoms with E-state index in [-0.39, 0.29) is 11.0 Å². The van der Waals surface area contributed by atoms with E-state index < -0.39 is 9.84 Å². The molecule has 3 aromatic carbocycles. The van der Waals surface area contributed by atoms with E-state index in [4.69, 9.17) is 14.3 Å². The first-order valence-corrected chi connectivity index (χ1v) is 10.9. The average Bonchev–Trinajstić information content (AvgIpc) is 3.17. The van der Waals surface area contributed by atoms with Crippen LogP contribution in [-0.2, 0) is 14.7 Å². The Bertz CT molecular complexity index is 1110. The van der Waals surface area contributed by atoms with Crippen molar-refractivity contribution in [3.8, 4) is 17.2 Å². The van der Waals surface area contributed by atoms with Crippen molar-refractivity contribution in [1.82, 2.24) is 0 Å². The van der Waals surface area contributed by atoms with Gasteiger partial charge in [-0.2, -0.15) is 0 Å². The maximum atomic E-state index is 11.5. The van der Waals surface area contributed by atoms with Gasteiger partial charge in [-0.1, -0.05) is 35.5 Å². The fourth-order valence-corrected chi connectivity index (χ4v) is 3.49. The van der Waals surface area contributed by atoms with E-state index in [1.54, 1.807) is 12.1 Å². The van der Waals surface area contributed by atoms with Gasteiger partial charge in [-0.15, -0.1) is 0 Å². The van der Waals surface area contributed by atoms with Crippen molar-refractivity contribution in [1.29, 1.82) is 0 Å². The molecular formula is C22H19NO5S. The lowest BCUT2D eigenvalue weighted by atomic mass is 10.1. The highest BCUT2D eigenvalue weighted by Gasteiger charge is 2.24. The normalized spacial score (nSPS) is 16.0. The van der Waals surface area contributed by atoms with Crippen molar-refractivity contribution in [2.24, 2.45) is 5.16 Å². The molecule has 0 amide bonds. The fraction of sp³-hybridized carbons (Fsp3) is 0.136. The van der Waals surface area contributed by atoms with E-state index in [0.717, 1.165) is 17.1 Å². The minimum atomic E-state index is -3.24. The third-order valence-electron chi connectivity index (χ3n) is 4.36. The molecule has 148 valence electrons. The van der Waals surface area contributed by atoms with Crippen LogP contribution >= 0.6 is 0 Å². The topological polar surface area (TPSA) is 74.2 Å². The molecule has 0 aromatic heterocycles. The van der Waals surface area contributed by atoms with Gasteiger partial charge in [0.2, 0.25) is 5.90 Å². The summed E-state index contributed by atoms with van der Waals surface area (Å²) in [6.45, 7) is 0. The van der Waals surface area contributed by atoms with Gasteiger partial charge < -0.3 is 14.3 Å². The van der Waals surface area contributed by atoms with E-state index in [2.05, 4.69) is 5.16 Å². The molecule has 0 bridgehead atoms. The molecule has 0 radical (unpaired) electrons. The molecule has 1 aliphatic rings. The highest BCUT2D eigenvalue weighted by molar-refractivity contribution is 7.90. The Hall–Kier alpha value is -3.32. The van der Waals surface area contributed by atoms with E-state index in [1.165, 1.54) is 18.4 Å². The van der Waals surface area contributed by atoms with Gasteiger partial charge in [-0.05, 0) is 54.1 Å². The van der Waals surface area contributed by atoms with Crippen LogP contribution in [0.3, 0.4) is 0 Å². The standard InChI is InChI=1S/C22H19NO5S/c1-29(24,25)20-13-11-19(12-14-20)27-22-15-21(28-23-22)16-7-9-18(10-8-16)26-17-5-3-2-4-6-17/h2-14,21H,15H2,1H3/t21-/m0/s1. The molecule has 4 rings (SSSR count). The molecule has 29 heavy (non-hydrogen) atoms. The van der Waals surface area contributed by atoms with Crippen molar-refractivity contribution in [3.05, 3.63) is 84.4 Å². The second-order valence-electron chi connectivity index (χ2n) is 6.61. The quantitative estimate of drug-likeness (QED) is 0.609. The molecule has 1 aliphatic heterocycles.